The average Bonchev–Trinajstić information content (AvgIpc) is 2.85. The molecular weight excluding hydrogens is 278 g/mol. The third-order valence-electron chi connectivity index (χ3n) is 3.96. The van der Waals surface area contributed by atoms with Crippen LogP contribution in [0.4, 0.5) is 0 Å². The molecule has 1 saturated heterocycles. The zero-order valence-corrected chi connectivity index (χ0v) is 12.8. The number of rotatable bonds is 2. The Morgan fingerprint density at radius 2 is 2.26 bits per heavy atom. The highest BCUT2D eigenvalue weighted by molar-refractivity contribution is 7.19. The van der Waals surface area contributed by atoms with E-state index in [1.807, 2.05) is 21.8 Å². The highest BCUT2D eigenvalue weighted by atomic mass is 35.5. The van der Waals surface area contributed by atoms with Gasteiger partial charge in [0, 0.05) is 27.5 Å². The number of ether oxygens (including phenoxy) is 1. The van der Waals surface area contributed by atoms with Gasteiger partial charge in [0.1, 0.15) is 5.75 Å². The molecule has 19 heavy (non-hydrogen) atoms. The predicted octanol–water partition coefficient (Wildman–Crippen LogP) is 4.63. The van der Waals surface area contributed by atoms with E-state index in [2.05, 4.69) is 25.1 Å². The van der Waals surface area contributed by atoms with E-state index in [4.69, 9.17) is 16.5 Å². The number of hydrogen-bond acceptors (Lipinski definition) is 3. The molecule has 4 heteroatoms. The van der Waals surface area contributed by atoms with Gasteiger partial charge in [-0.15, -0.1) is 11.3 Å². The summed E-state index contributed by atoms with van der Waals surface area (Å²) in [5.41, 5.74) is 0. The van der Waals surface area contributed by atoms with Crippen LogP contribution in [0.25, 0.3) is 10.1 Å². The predicted molar refractivity (Wildman–Crippen MR) is 82.4 cm³/mol. The molecule has 0 radical (unpaired) electrons. The van der Waals surface area contributed by atoms with Crippen LogP contribution in [0.15, 0.2) is 24.3 Å². The van der Waals surface area contributed by atoms with E-state index < -0.39 is 0 Å². The van der Waals surface area contributed by atoms with Gasteiger partial charge < -0.3 is 4.74 Å². The van der Waals surface area contributed by atoms with Crippen molar-refractivity contribution in [2.24, 2.45) is 0 Å². The van der Waals surface area contributed by atoms with Crippen molar-refractivity contribution >= 4 is 33.2 Å². The third-order valence-corrected chi connectivity index (χ3v) is 5.72. The van der Waals surface area contributed by atoms with E-state index in [0.717, 1.165) is 25.1 Å². The Labute approximate surface area is 123 Å². The topological polar surface area (TPSA) is 12.5 Å². The highest BCUT2D eigenvalue weighted by Crippen LogP contribution is 2.40. The fraction of sp³-hybridized carbons (Fsp3) is 0.467. The number of nitrogens with zero attached hydrogens (tertiary/aromatic N) is 1. The second-order valence-corrected chi connectivity index (χ2v) is 6.76. The van der Waals surface area contributed by atoms with E-state index in [9.17, 15) is 0 Å². The Kier molecular flexibility index (Phi) is 3.70. The van der Waals surface area contributed by atoms with Gasteiger partial charge in [-0.3, -0.25) is 0 Å². The SMILES string of the molecule is COc1cccc2sc(C3CCN(Cl)C(C)C3)cc12. The van der Waals surface area contributed by atoms with Gasteiger partial charge in [-0.1, -0.05) is 6.07 Å². The Balaban J connectivity index is 1.93. The van der Waals surface area contributed by atoms with Crippen LogP contribution >= 0.6 is 23.1 Å². The van der Waals surface area contributed by atoms with Crippen molar-refractivity contribution in [2.45, 2.75) is 31.7 Å². The standard InChI is InChI=1S/C15H18ClNOS/c1-10-8-11(6-7-17(10)16)15-9-12-13(18-2)4-3-5-14(12)19-15/h3-5,9-11H,6-8H2,1-2H3. The monoisotopic (exact) mass is 295 g/mol. The molecule has 0 spiro atoms. The molecule has 1 aromatic carbocycles. The molecule has 0 amide bonds. The Morgan fingerprint density at radius 3 is 3.00 bits per heavy atom. The highest BCUT2D eigenvalue weighted by Gasteiger charge is 2.26. The minimum absolute atomic E-state index is 0.451. The van der Waals surface area contributed by atoms with Gasteiger partial charge in [-0.25, -0.2) is 4.42 Å². The molecule has 1 fully saturated rings. The van der Waals surface area contributed by atoms with Crippen LogP contribution in [0.3, 0.4) is 0 Å². The molecule has 2 nitrogen and oxygen atoms in total. The second kappa shape index (κ2) is 5.31. The van der Waals surface area contributed by atoms with E-state index in [0.29, 0.717) is 12.0 Å². The first-order valence-electron chi connectivity index (χ1n) is 6.68. The van der Waals surface area contributed by atoms with Crippen LogP contribution < -0.4 is 4.74 Å². The lowest BCUT2D eigenvalue weighted by Crippen LogP contribution is -2.32. The van der Waals surface area contributed by atoms with Gasteiger partial charge in [-0.05, 0) is 55.7 Å². The van der Waals surface area contributed by atoms with Crippen molar-refractivity contribution in [3.8, 4) is 5.75 Å². The molecule has 0 saturated carbocycles. The van der Waals surface area contributed by atoms with Gasteiger partial charge in [0.25, 0.3) is 0 Å². The Morgan fingerprint density at radius 1 is 1.42 bits per heavy atom. The normalized spacial score (nSPS) is 24.8. The summed E-state index contributed by atoms with van der Waals surface area (Å²) in [5.74, 6) is 1.61. The van der Waals surface area contributed by atoms with Crippen LogP contribution in [-0.2, 0) is 0 Å². The summed E-state index contributed by atoms with van der Waals surface area (Å²) in [4.78, 5) is 1.47. The number of thiophene rings is 1. The number of fused-ring (bicyclic) bond motifs is 1. The smallest absolute Gasteiger partial charge is 0.127 e. The summed E-state index contributed by atoms with van der Waals surface area (Å²) in [6.45, 7) is 3.17. The molecule has 2 unspecified atom stereocenters. The molecule has 1 aliphatic heterocycles. The number of halogens is 1. The van der Waals surface area contributed by atoms with Gasteiger partial charge in [-0.2, -0.15) is 0 Å². The van der Waals surface area contributed by atoms with E-state index in [-0.39, 0.29) is 0 Å². The van der Waals surface area contributed by atoms with Gasteiger partial charge in [0.05, 0.1) is 7.11 Å². The average molecular weight is 296 g/mol. The second-order valence-electron chi connectivity index (χ2n) is 5.21. The lowest BCUT2D eigenvalue weighted by molar-refractivity contribution is 0.258. The first-order valence-corrected chi connectivity index (χ1v) is 7.83. The summed E-state index contributed by atoms with van der Waals surface area (Å²) in [5, 5.41) is 1.24. The lowest BCUT2D eigenvalue weighted by atomic mass is 9.92. The van der Waals surface area contributed by atoms with E-state index in [1.54, 1.807) is 7.11 Å². The maximum absolute atomic E-state index is 6.16. The molecule has 0 bridgehead atoms. The number of piperidine rings is 1. The van der Waals surface area contributed by atoms with Crippen molar-refractivity contribution in [2.75, 3.05) is 13.7 Å². The number of methoxy groups -OCH3 is 1. The largest absolute Gasteiger partial charge is 0.496 e. The van der Waals surface area contributed by atoms with Crippen LogP contribution in [-0.4, -0.2) is 24.1 Å². The fourth-order valence-corrected chi connectivity index (χ4v) is 4.24. The van der Waals surface area contributed by atoms with Crippen LogP contribution in [0.2, 0.25) is 0 Å². The van der Waals surface area contributed by atoms with E-state index >= 15 is 0 Å². The maximum atomic E-state index is 6.16. The molecule has 2 heterocycles. The summed E-state index contributed by atoms with van der Waals surface area (Å²) < 4.78 is 8.69. The van der Waals surface area contributed by atoms with Crippen LogP contribution in [0.1, 0.15) is 30.6 Å². The van der Waals surface area contributed by atoms with Gasteiger partial charge in [0.15, 0.2) is 0 Å². The van der Waals surface area contributed by atoms with Crippen LogP contribution in [0.5, 0.6) is 5.75 Å². The maximum Gasteiger partial charge on any atom is 0.127 e. The van der Waals surface area contributed by atoms with Crippen molar-refractivity contribution in [3.05, 3.63) is 29.1 Å². The van der Waals surface area contributed by atoms with Crippen LogP contribution in [0, 0.1) is 0 Å². The summed E-state index contributed by atoms with van der Waals surface area (Å²) in [7, 11) is 1.74. The zero-order valence-electron chi connectivity index (χ0n) is 11.2. The fourth-order valence-electron chi connectivity index (χ4n) is 2.83. The van der Waals surface area contributed by atoms with Crippen molar-refractivity contribution in [3.63, 3.8) is 0 Å². The first-order chi connectivity index (χ1) is 9.19. The van der Waals surface area contributed by atoms with Gasteiger partial charge >= 0.3 is 0 Å². The third kappa shape index (κ3) is 2.47. The quantitative estimate of drug-likeness (QED) is 0.749. The summed E-state index contributed by atoms with van der Waals surface area (Å²) in [6.07, 6.45) is 2.28. The minimum Gasteiger partial charge on any atom is -0.496 e. The summed E-state index contributed by atoms with van der Waals surface area (Å²) in [6, 6.07) is 9.02. The molecule has 2 aromatic rings. The minimum atomic E-state index is 0.451. The number of benzene rings is 1. The lowest BCUT2D eigenvalue weighted by Gasteiger charge is -2.32. The molecular formula is C15H18ClNOS. The zero-order chi connectivity index (χ0) is 13.4. The summed E-state index contributed by atoms with van der Waals surface area (Å²) >= 11 is 8.06. The molecule has 1 aromatic heterocycles. The van der Waals surface area contributed by atoms with Crippen molar-refractivity contribution < 1.29 is 4.74 Å². The molecule has 3 rings (SSSR count). The molecule has 1 aliphatic rings. The molecule has 2 atom stereocenters. The first kappa shape index (κ1) is 13.2. The molecule has 102 valence electrons. The van der Waals surface area contributed by atoms with E-state index in [1.165, 1.54) is 15.0 Å². The van der Waals surface area contributed by atoms with Crippen molar-refractivity contribution in [1.82, 2.24) is 4.42 Å². The number of hydrogen-bond donors (Lipinski definition) is 0. The molecule has 0 aliphatic carbocycles. The Hall–Kier alpha value is -0.770. The van der Waals surface area contributed by atoms with Crippen molar-refractivity contribution in [1.29, 1.82) is 0 Å². The van der Waals surface area contributed by atoms with Gasteiger partial charge in [0.2, 0.25) is 0 Å². The Bertz CT molecular complexity index is 583. The molecule has 0 N–H and O–H groups in total.